The number of carbonyl (C=O) groups excluding carboxylic acids is 1. The van der Waals surface area contributed by atoms with Crippen molar-refractivity contribution >= 4 is 11.6 Å². The molecule has 3 rings (SSSR count). The Hall–Kier alpha value is -1.68. The van der Waals surface area contributed by atoms with E-state index in [9.17, 15) is 4.79 Å². The number of aliphatic imine (C=N–C) groups is 1. The average molecular weight is 258 g/mol. The molecule has 1 aliphatic carbocycles. The smallest absolute Gasteiger partial charge is 0.272 e. The Kier molecular flexibility index (Phi) is 3.11. The molecule has 1 spiro atoms. The number of hydrogen-bond acceptors (Lipinski definition) is 3. The summed E-state index contributed by atoms with van der Waals surface area (Å²) in [5, 5.41) is 12.1. The molecule has 0 radical (unpaired) electrons. The van der Waals surface area contributed by atoms with Crippen LogP contribution in [-0.2, 0) is 11.4 Å². The van der Waals surface area contributed by atoms with Crippen LogP contribution in [-0.4, -0.2) is 22.4 Å². The molecule has 0 unspecified atom stereocenters. The van der Waals surface area contributed by atoms with E-state index in [0.717, 1.165) is 36.8 Å². The Morgan fingerprint density at radius 3 is 2.47 bits per heavy atom. The minimum absolute atomic E-state index is 0.0168. The first-order valence-corrected chi connectivity index (χ1v) is 6.85. The first kappa shape index (κ1) is 12.4. The molecule has 100 valence electrons. The van der Waals surface area contributed by atoms with Crippen LogP contribution in [0.2, 0.25) is 0 Å². The van der Waals surface area contributed by atoms with Gasteiger partial charge in [0.15, 0.2) is 0 Å². The lowest BCUT2D eigenvalue weighted by atomic mass is 9.90. The highest BCUT2D eigenvalue weighted by atomic mass is 16.3. The molecule has 0 atom stereocenters. The van der Waals surface area contributed by atoms with Crippen molar-refractivity contribution in [2.24, 2.45) is 4.99 Å². The molecule has 0 saturated heterocycles. The molecule has 1 heterocycles. The van der Waals surface area contributed by atoms with Crippen molar-refractivity contribution in [3.05, 3.63) is 35.4 Å². The Morgan fingerprint density at radius 1 is 1.16 bits per heavy atom. The van der Waals surface area contributed by atoms with Gasteiger partial charge in [0.25, 0.3) is 5.91 Å². The molecule has 2 N–H and O–H groups in total. The third-order valence-electron chi connectivity index (χ3n) is 3.98. The fourth-order valence-corrected chi connectivity index (χ4v) is 2.90. The first-order chi connectivity index (χ1) is 9.22. The monoisotopic (exact) mass is 258 g/mol. The first-order valence-electron chi connectivity index (χ1n) is 6.85. The number of aliphatic hydroxyl groups excluding tert-OH is 1. The standard InChI is InChI=1S/C15H18N2O2/c18-10-11-4-6-12(7-5-11)13-14(19)17-15(16-13)8-2-1-3-9-15/h4-7,18H,1-3,8-10H2,(H,17,19). The van der Waals surface area contributed by atoms with E-state index >= 15 is 0 Å². The van der Waals surface area contributed by atoms with Crippen LogP contribution in [0.5, 0.6) is 0 Å². The van der Waals surface area contributed by atoms with Gasteiger partial charge in [-0.05, 0) is 31.2 Å². The average Bonchev–Trinajstić information content (AvgIpc) is 2.76. The van der Waals surface area contributed by atoms with Crippen LogP contribution in [0, 0.1) is 0 Å². The van der Waals surface area contributed by atoms with Crippen LogP contribution in [0.15, 0.2) is 29.3 Å². The molecule has 0 aromatic heterocycles. The molecule has 19 heavy (non-hydrogen) atoms. The van der Waals surface area contributed by atoms with Gasteiger partial charge in [0.1, 0.15) is 11.4 Å². The van der Waals surface area contributed by atoms with Crippen molar-refractivity contribution in [2.45, 2.75) is 44.4 Å². The summed E-state index contributed by atoms with van der Waals surface area (Å²) in [6.45, 7) is 0.0168. The Bertz CT molecular complexity index is 513. The summed E-state index contributed by atoms with van der Waals surface area (Å²) in [4.78, 5) is 16.8. The van der Waals surface area contributed by atoms with Crippen molar-refractivity contribution in [3.63, 3.8) is 0 Å². The second-order valence-electron chi connectivity index (χ2n) is 5.36. The molecule has 1 aromatic carbocycles. The predicted molar refractivity (Wildman–Crippen MR) is 72.9 cm³/mol. The molecule has 1 amide bonds. The van der Waals surface area contributed by atoms with Crippen molar-refractivity contribution in [1.29, 1.82) is 0 Å². The van der Waals surface area contributed by atoms with E-state index in [1.54, 1.807) is 0 Å². The Morgan fingerprint density at radius 2 is 1.84 bits per heavy atom. The second-order valence-corrected chi connectivity index (χ2v) is 5.36. The van der Waals surface area contributed by atoms with Gasteiger partial charge in [0, 0.05) is 5.56 Å². The molecule has 1 saturated carbocycles. The quantitative estimate of drug-likeness (QED) is 0.849. The highest BCUT2D eigenvalue weighted by Crippen LogP contribution is 2.32. The van der Waals surface area contributed by atoms with E-state index in [2.05, 4.69) is 10.3 Å². The normalized spacial score (nSPS) is 21.3. The zero-order chi connectivity index (χ0) is 13.3. The molecule has 4 nitrogen and oxygen atoms in total. The minimum atomic E-state index is -0.347. The maximum absolute atomic E-state index is 12.1. The largest absolute Gasteiger partial charge is 0.392 e. The summed E-state index contributed by atoms with van der Waals surface area (Å²) < 4.78 is 0. The van der Waals surface area contributed by atoms with Gasteiger partial charge in [-0.25, -0.2) is 0 Å². The van der Waals surface area contributed by atoms with E-state index in [4.69, 9.17) is 5.11 Å². The molecule has 1 aliphatic heterocycles. The summed E-state index contributed by atoms with van der Waals surface area (Å²) in [5.41, 5.74) is 1.86. The molecule has 4 heteroatoms. The fraction of sp³-hybridized carbons (Fsp3) is 0.467. The SMILES string of the molecule is O=C1NC2(CCCCC2)N=C1c1ccc(CO)cc1. The minimum Gasteiger partial charge on any atom is -0.392 e. The zero-order valence-electron chi connectivity index (χ0n) is 10.9. The lowest BCUT2D eigenvalue weighted by Gasteiger charge is -2.30. The third-order valence-corrected chi connectivity index (χ3v) is 3.98. The van der Waals surface area contributed by atoms with E-state index in [1.807, 2.05) is 24.3 Å². The molecule has 2 aliphatic rings. The van der Waals surface area contributed by atoms with Crippen molar-refractivity contribution in [3.8, 4) is 0 Å². The van der Waals surface area contributed by atoms with Crippen LogP contribution in [0.1, 0.15) is 43.2 Å². The highest BCUT2D eigenvalue weighted by Gasteiger charge is 2.40. The van der Waals surface area contributed by atoms with E-state index in [-0.39, 0.29) is 18.2 Å². The van der Waals surface area contributed by atoms with E-state index in [0.29, 0.717) is 5.71 Å². The van der Waals surface area contributed by atoms with Gasteiger partial charge in [-0.15, -0.1) is 0 Å². The summed E-state index contributed by atoms with van der Waals surface area (Å²) >= 11 is 0. The van der Waals surface area contributed by atoms with Crippen molar-refractivity contribution in [1.82, 2.24) is 5.32 Å². The van der Waals surface area contributed by atoms with E-state index < -0.39 is 0 Å². The van der Waals surface area contributed by atoms with Gasteiger partial charge in [-0.3, -0.25) is 9.79 Å². The lowest BCUT2D eigenvalue weighted by molar-refractivity contribution is -0.115. The number of nitrogens with zero attached hydrogens (tertiary/aromatic N) is 1. The number of aliphatic hydroxyl groups is 1. The number of benzene rings is 1. The number of carbonyl (C=O) groups is 1. The summed E-state index contributed by atoms with van der Waals surface area (Å²) in [6, 6.07) is 7.37. The van der Waals surface area contributed by atoms with Gasteiger partial charge in [-0.1, -0.05) is 30.7 Å². The maximum atomic E-state index is 12.1. The van der Waals surface area contributed by atoms with Gasteiger partial charge in [0.2, 0.25) is 0 Å². The van der Waals surface area contributed by atoms with Gasteiger partial charge in [-0.2, -0.15) is 0 Å². The molecular weight excluding hydrogens is 240 g/mol. The second kappa shape index (κ2) is 4.78. The van der Waals surface area contributed by atoms with Crippen LogP contribution in [0.4, 0.5) is 0 Å². The van der Waals surface area contributed by atoms with Crippen LogP contribution in [0.3, 0.4) is 0 Å². The zero-order valence-corrected chi connectivity index (χ0v) is 10.9. The van der Waals surface area contributed by atoms with Gasteiger partial charge >= 0.3 is 0 Å². The summed E-state index contributed by atoms with van der Waals surface area (Å²) in [7, 11) is 0. The van der Waals surface area contributed by atoms with Gasteiger partial charge in [0.05, 0.1) is 6.61 Å². The number of nitrogens with one attached hydrogen (secondary N) is 1. The molecule has 1 fully saturated rings. The maximum Gasteiger partial charge on any atom is 0.272 e. The van der Waals surface area contributed by atoms with Gasteiger partial charge < -0.3 is 10.4 Å². The summed E-state index contributed by atoms with van der Waals surface area (Å²) in [5.74, 6) is -0.0707. The van der Waals surface area contributed by atoms with Crippen LogP contribution in [0.25, 0.3) is 0 Å². The number of rotatable bonds is 2. The lowest BCUT2D eigenvalue weighted by Crippen LogP contribution is -2.43. The van der Waals surface area contributed by atoms with Crippen molar-refractivity contribution in [2.75, 3.05) is 0 Å². The van der Waals surface area contributed by atoms with Crippen LogP contribution < -0.4 is 5.32 Å². The van der Waals surface area contributed by atoms with E-state index in [1.165, 1.54) is 6.42 Å². The molecule has 0 bridgehead atoms. The fourth-order valence-electron chi connectivity index (χ4n) is 2.90. The molecular formula is C15H18N2O2. The summed E-state index contributed by atoms with van der Waals surface area (Å²) in [6.07, 6.45) is 5.36. The van der Waals surface area contributed by atoms with Crippen molar-refractivity contribution < 1.29 is 9.90 Å². The number of amides is 1. The molecule has 1 aromatic rings. The Balaban J connectivity index is 1.90. The Labute approximate surface area is 112 Å². The topological polar surface area (TPSA) is 61.7 Å². The highest BCUT2D eigenvalue weighted by molar-refractivity contribution is 6.46. The predicted octanol–water partition coefficient (Wildman–Crippen LogP) is 1.76. The van der Waals surface area contributed by atoms with Crippen LogP contribution >= 0.6 is 0 Å². The third kappa shape index (κ3) is 2.28. The number of hydrogen-bond donors (Lipinski definition) is 2.